The fourth-order valence-corrected chi connectivity index (χ4v) is 2.06. The first kappa shape index (κ1) is 14.9. The molecule has 6 N–H and O–H groups in total. The SMILES string of the molecule is CC(=O)[C@@]1(N)C=CN([C@@H]2O[C@H](CO)[C@@H](O)[C@H]2O)C(=O)N1. The van der Waals surface area contributed by atoms with Crippen LogP contribution >= 0.6 is 0 Å². The van der Waals surface area contributed by atoms with Crippen molar-refractivity contribution < 1.29 is 29.6 Å². The molecule has 0 bridgehead atoms. The molecule has 0 aromatic heterocycles. The molecule has 0 aromatic carbocycles. The molecule has 0 radical (unpaired) electrons. The van der Waals surface area contributed by atoms with Crippen molar-refractivity contribution >= 4 is 11.8 Å². The number of nitrogens with zero attached hydrogens (tertiary/aromatic N) is 1. The Morgan fingerprint density at radius 3 is 2.65 bits per heavy atom. The van der Waals surface area contributed by atoms with Gasteiger partial charge < -0.3 is 25.4 Å². The first-order valence-electron chi connectivity index (χ1n) is 6.02. The molecule has 1 saturated heterocycles. The second-order valence-corrected chi connectivity index (χ2v) is 4.81. The summed E-state index contributed by atoms with van der Waals surface area (Å²) in [5.74, 6) is -0.456. The number of carbonyl (C=O) groups is 2. The van der Waals surface area contributed by atoms with Gasteiger partial charge in [0.2, 0.25) is 0 Å². The van der Waals surface area contributed by atoms with E-state index in [0.717, 1.165) is 4.90 Å². The molecular weight excluding hydrogens is 270 g/mol. The molecule has 2 aliphatic heterocycles. The van der Waals surface area contributed by atoms with Gasteiger partial charge in [0, 0.05) is 6.20 Å². The Bertz CT molecular complexity index is 455. The third-order valence-electron chi connectivity index (χ3n) is 3.42. The lowest BCUT2D eigenvalue weighted by Gasteiger charge is -2.36. The summed E-state index contributed by atoms with van der Waals surface area (Å²) in [5, 5.41) is 30.7. The monoisotopic (exact) mass is 287 g/mol. The zero-order valence-electron chi connectivity index (χ0n) is 10.8. The third kappa shape index (κ3) is 2.30. The Hall–Kier alpha value is -1.52. The van der Waals surface area contributed by atoms with Gasteiger partial charge in [-0.05, 0) is 13.0 Å². The molecule has 0 saturated carbocycles. The van der Waals surface area contributed by atoms with Crippen LogP contribution in [0.25, 0.3) is 0 Å². The van der Waals surface area contributed by atoms with Crippen LogP contribution in [0.5, 0.6) is 0 Å². The average Bonchev–Trinajstić information content (AvgIpc) is 2.66. The van der Waals surface area contributed by atoms with Gasteiger partial charge in [0.25, 0.3) is 0 Å². The number of nitrogens with one attached hydrogen (secondary N) is 1. The second kappa shape index (κ2) is 5.11. The molecule has 0 spiro atoms. The van der Waals surface area contributed by atoms with Gasteiger partial charge in [-0.2, -0.15) is 0 Å². The van der Waals surface area contributed by atoms with Crippen molar-refractivity contribution in [2.24, 2.45) is 5.73 Å². The van der Waals surface area contributed by atoms with Crippen molar-refractivity contribution in [3.05, 3.63) is 12.3 Å². The first-order valence-corrected chi connectivity index (χ1v) is 6.02. The highest BCUT2D eigenvalue weighted by molar-refractivity contribution is 5.93. The van der Waals surface area contributed by atoms with Crippen LogP contribution in [0.2, 0.25) is 0 Å². The molecule has 2 amide bonds. The van der Waals surface area contributed by atoms with Crippen molar-refractivity contribution in [1.82, 2.24) is 10.2 Å². The zero-order valence-corrected chi connectivity index (χ0v) is 10.8. The van der Waals surface area contributed by atoms with E-state index in [2.05, 4.69) is 5.32 Å². The van der Waals surface area contributed by atoms with E-state index in [0.29, 0.717) is 0 Å². The molecule has 2 aliphatic rings. The molecule has 9 heteroatoms. The van der Waals surface area contributed by atoms with E-state index in [-0.39, 0.29) is 0 Å². The predicted molar refractivity (Wildman–Crippen MR) is 64.9 cm³/mol. The Morgan fingerprint density at radius 2 is 2.20 bits per heavy atom. The van der Waals surface area contributed by atoms with Crippen molar-refractivity contribution in [3.63, 3.8) is 0 Å². The lowest BCUT2D eigenvalue weighted by molar-refractivity contribution is -0.121. The van der Waals surface area contributed by atoms with Gasteiger partial charge in [-0.15, -0.1) is 0 Å². The summed E-state index contributed by atoms with van der Waals surface area (Å²) in [7, 11) is 0. The fourth-order valence-electron chi connectivity index (χ4n) is 2.06. The minimum absolute atomic E-state index is 0.456. The maximum atomic E-state index is 11.9. The standard InChI is InChI=1S/C11H17N3O6/c1-5(16)11(12)2-3-14(10(19)13-11)9-8(18)7(17)6(4-15)20-9/h2-3,6-9,15,17-18H,4,12H2,1H3,(H,13,19)/t6-,7-,8-,9-,11-/m1/s1. The number of rotatable bonds is 3. The van der Waals surface area contributed by atoms with E-state index < -0.39 is 48.6 Å². The molecule has 0 aliphatic carbocycles. The van der Waals surface area contributed by atoms with Crippen LogP contribution in [0.3, 0.4) is 0 Å². The number of aliphatic hydroxyl groups excluding tert-OH is 3. The summed E-state index contributed by atoms with van der Waals surface area (Å²) in [6, 6.07) is -0.750. The lowest BCUT2D eigenvalue weighted by Crippen LogP contribution is -2.65. The first-order chi connectivity index (χ1) is 9.30. The highest BCUT2D eigenvalue weighted by atomic mass is 16.6. The summed E-state index contributed by atoms with van der Waals surface area (Å²) in [6.07, 6.45) is -2.40. The van der Waals surface area contributed by atoms with E-state index in [1.54, 1.807) is 0 Å². The lowest BCUT2D eigenvalue weighted by atomic mass is 10.1. The molecule has 112 valence electrons. The van der Waals surface area contributed by atoms with E-state index in [1.807, 2.05) is 0 Å². The second-order valence-electron chi connectivity index (χ2n) is 4.81. The van der Waals surface area contributed by atoms with Crippen molar-refractivity contribution in [3.8, 4) is 0 Å². The Kier molecular flexibility index (Phi) is 3.80. The van der Waals surface area contributed by atoms with Gasteiger partial charge in [-0.3, -0.25) is 15.4 Å². The molecule has 0 unspecified atom stereocenters. The van der Waals surface area contributed by atoms with Crippen molar-refractivity contribution in [2.75, 3.05) is 6.61 Å². The molecule has 2 heterocycles. The van der Waals surface area contributed by atoms with Gasteiger partial charge in [0.15, 0.2) is 17.7 Å². The van der Waals surface area contributed by atoms with E-state index >= 15 is 0 Å². The number of aliphatic hydroxyl groups is 3. The number of hydrogen-bond acceptors (Lipinski definition) is 7. The summed E-state index contributed by atoms with van der Waals surface area (Å²) >= 11 is 0. The van der Waals surface area contributed by atoms with Crippen molar-refractivity contribution in [1.29, 1.82) is 0 Å². The molecule has 1 fully saturated rings. The summed E-state index contributed by atoms with van der Waals surface area (Å²) in [6.45, 7) is 0.731. The average molecular weight is 287 g/mol. The maximum Gasteiger partial charge on any atom is 0.325 e. The molecule has 2 rings (SSSR count). The number of Topliss-reactive ketones (excluding diaryl/α,β-unsaturated/α-hetero) is 1. The number of urea groups is 1. The van der Waals surface area contributed by atoms with Crippen LogP contribution in [-0.2, 0) is 9.53 Å². The highest BCUT2D eigenvalue weighted by Gasteiger charge is 2.48. The fraction of sp³-hybridized carbons (Fsp3) is 0.636. The molecular formula is C11H17N3O6. The molecule has 0 aromatic rings. The van der Waals surface area contributed by atoms with Crippen molar-refractivity contribution in [2.45, 2.75) is 37.1 Å². The summed E-state index contributed by atoms with van der Waals surface area (Å²) in [4.78, 5) is 24.3. The highest BCUT2D eigenvalue weighted by Crippen LogP contribution is 2.26. The third-order valence-corrected chi connectivity index (χ3v) is 3.42. The van der Waals surface area contributed by atoms with E-state index in [9.17, 15) is 19.8 Å². The van der Waals surface area contributed by atoms with Crippen LogP contribution in [0.4, 0.5) is 4.79 Å². The Morgan fingerprint density at radius 1 is 1.55 bits per heavy atom. The van der Waals surface area contributed by atoms with Gasteiger partial charge in [0.05, 0.1) is 6.61 Å². The van der Waals surface area contributed by atoms with Gasteiger partial charge in [0.1, 0.15) is 18.3 Å². The molecule has 5 atom stereocenters. The topological polar surface area (TPSA) is 145 Å². The predicted octanol–water partition coefficient (Wildman–Crippen LogP) is -2.79. The van der Waals surface area contributed by atoms with Crippen LogP contribution in [0, 0.1) is 0 Å². The van der Waals surface area contributed by atoms with Gasteiger partial charge >= 0.3 is 6.03 Å². The van der Waals surface area contributed by atoms with Crippen LogP contribution in [0.1, 0.15) is 6.92 Å². The number of nitrogens with two attached hydrogens (primary N) is 1. The summed E-state index contributed by atoms with van der Waals surface area (Å²) < 4.78 is 5.21. The van der Waals surface area contributed by atoms with E-state index in [4.69, 9.17) is 15.6 Å². The zero-order chi connectivity index (χ0) is 15.1. The quantitative estimate of drug-likeness (QED) is 0.377. The Labute approximate surface area is 114 Å². The number of ketones is 1. The molecule has 20 heavy (non-hydrogen) atoms. The smallest absolute Gasteiger partial charge is 0.325 e. The van der Waals surface area contributed by atoms with Crippen LogP contribution in [0.15, 0.2) is 12.3 Å². The Balaban J connectivity index is 2.19. The number of amides is 2. The number of carbonyl (C=O) groups excluding carboxylic acids is 2. The number of ether oxygens (including phenoxy) is 1. The number of hydrogen-bond donors (Lipinski definition) is 5. The summed E-state index contributed by atoms with van der Waals surface area (Å²) in [5.41, 5.74) is 4.08. The van der Waals surface area contributed by atoms with Gasteiger partial charge in [-0.25, -0.2) is 4.79 Å². The van der Waals surface area contributed by atoms with Gasteiger partial charge in [-0.1, -0.05) is 0 Å². The molecule has 9 nitrogen and oxygen atoms in total. The largest absolute Gasteiger partial charge is 0.394 e. The van der Waals surface area contributed by atoms with E-state index in [1.165, 1.54) is 19.2 Å². The minimum atomic E-state index is -1.61. The van der Waals surface area contributed by atoms with Crippen LogP contribution in [-0.4, -0.2) is 68.8 Å². The minimum Gasteiger partial charge on any atom is -0.394 e. The van der Waals surface area contributed by atoms with Crippen LogP contribution < -0.4 is 11.1 Å². The normalized spacial score (nSPS) is 40.9. The maximum absolute atomic E-state index is 11.9.